The Hall–Kier alpha value is -1.30. The van der Waals surface area contributed by atoms with E-state index in [9.17, 15) is 0 Å². The molecular formula is C17H19. The van der Waals surface area contributed by atoms with Crippen molar-refractivity contribution < 1.29 is 0 Å². The van der Waals surface area contributed by atoms with E-state index in [0.29, 0.717) is 0 Å². The Morgan fingerprint density at radius 3 is 2.53 bits per heavy atom. The number of fused-ring (bicyclic) bond motifs is 1. The number of rotatable bonds is 1. The maximum absolute atomic E-state index is 4.20. The average molecular weight is 223 g/mol. The van der Waals surface area contributed by atoms with Crippen molar-refractivity contribution in [2.45, 2.75) is 38.0 Å². The van der Waals surface area contributed by atoms with Gasteiger partial charge in [-0.1, -0.05) is 55.7 Å². The zero-order valence-electron chi connectivity index (χ0n) is 10.3. The molecule has 0 N–H and O–H groups in total. The minimum absolute atomic E-state index is 0.772. The summed E-state index contributed by atoms with van der Waals surface area (Å²) in [5.74, 6) is 0.772. The van der Waals surface area contributed by atoms with E-state index in [1.165, 1.54) is 54.0 Å². The lowest BCUT2D eigenvalue weighted by atomic mass is 9.83. The van der Waals surface area contributed by atoms with Gasteiger partial charge in [0.1, 0.15) is 0 Å². The van der Waals surface area contributed by atoms with E-state index in [1.54, 1.807) is 0 Å². The molecular weight excluding hydrogens is 204 g/mol. The molecule has 0 aliphatic heterocycles. The van der Waals surface area contributed by atoms with Crippen molar-refractivity contribution in [3.63, 3.8) is 0 Å². The van der Waals surface area contributed by atoms with Crippen LogP contribution in [0.15, 0.2) is 36.4 Å². The molecule has 0 saturated heterocycles. The van der Waals surface area contributed by atoms with Crippen molar-refractivity contribution >= 4 is 10.8 Å². The maximum Gasteiger partial charge on any atom is -0.0152 e. The van der Waals surface area contributed by atoms with Crippen LogP contribution in [0.4, 0.5) is 0 Å². The van der Waals surface area contributed by atoms with Crippen LogP contribution in [0.25, 0.3) is 10.8 Å². The fourth-order valence-corrected chi connectivity index (χ4v) is 3.09. The largest absolute Gasteiger partial charge is 0.0616 e. The molecule has 0 heterocycles. The van der Waals surface area contributed by atoms with Crippen LogP contribution in [0, 0.1) is 6.92 Å². The Bertz CT molecular complexity index is 519. The first-order valence-corrected chi connectivity index (χ1v) is 6.69. The molecule has 0 aromatic heterocycles. The first-order chi connectivity index (χ1) is 8.34. The SMILES string of the molecule is [CH2]c1cc(C2CCCCC2)cc2ccccc12. The van der Waals surface area contributed by atoms with Gasteiger partial charge in [0.2, 0.25) is 0 Å². The predicted molar refractivity (Wildman–Crippen MR) is 74.2 cm³/mol. The lowest BCUT2D eigenvalue weighted by Gasteiger charge is -2.23. The quantitative estimate of drug-likeness (QED) is 0.633. The summed E-state index contributed by atoms with van der Waals surface area (Å²) in [7, 11) is 0. The second-order valence-electron chi connectivity index (χ2n) is 5.24. The molecule has 0 amide bonds. The second-order valence-corrected chi connectivity index (χ2v) is 5.24. The fourth-order valence-electron chi connectivity index (χ4n) is 3.09. The molecule has 2 aromatic carbocycles. The van der Waals surface area contributed by atoms with Crippen molar-refractivity contribution in [2.24, 2.45) is 0 Å². The molecule has 0 bridgehead atoms. The topological polar surface area (TPSA) is 0 Å². The Balaban J connectivity index is 2.05. The van der Waals surface area contributed by atoms with E-state index >= 15 is 0 Å². The van der Waals surface area contributed by atoms with Gasteiger partial charge in [0.25, 0.3) is 0 Å². The van der Waals surface area contributed by atoms with Crippen LogP contribution in [0.2, 0.25) is 0 Å². The van der Waals surface area contributed by atoms with Gasteiger partial charge in [0, 0.05) is 0 Å². The fraction of sp³-hybridized carbons (Fsp3) is 0.353. The molecule has 3 rings (SSSR count). The monoisotopic (exact) mass is 223 g/mol. The standard InChI is InChI=1S/C17H19/c1-13-11-16(14-7-3-2-4-8-14)12-15-9-5-6-10-17(13)15/h5-6,9-12,14H,1-4,7-8H2. The Morgan fingerprint density at radius 1 is 0.941 bits per heavy atom. The molecule has 17 heavy (non-hydrogen) atoms. The molecule has 0 spiro atoms. The van der Waals surface area contributed by atoms with Crippen LogP contribution in [-0.4, -0.2) is 0 Å². The molecule has 0 nitrogen and oxygen atoms in total. The third-order valence-electron chi connectivity index (χ3n) is 4.05. The van der Waals surface area contributed by atoms with E-state index in [2.05, 4.69) is 43.3 Å². The third-order valence-corrected chi connectivity index (χ3v) is 4.05. The highest BCUT2D eigenvalue weighted by Gasteiger charge is 2.16. The van der Waals surface area contributed by atoms with E-state index in [4.69, 9.17) is 0 Å². The highest BCUT2D eigenvalue weighted by molar-refractivity contribution is 5.87. The molecule has 0 heteroatoms. The minimum Gasteiger partial charge on any atom is -0.0616 e. The molecule has 1 aliphatic carbocycles. The number of hydrogen-bond donors (Lipinski definition) is 0. The van der Waals surface area contributed by atoms with Gasteiger partial charge >= 0.3 is 0 Å². The van der Waals surface area contributed by atoms with Crippen LogP contribution in [0.5, 0.6) is 0 Å². The van der Waals surface area contributed by atoms with Gasteiger partial charge in [-0.15, -0.1) is 0 Å². The summed E-state index contributed by atoms with van der Waals surface area (Å²) < 4.78 is 0. The van der Waals surface area contributed by atoms with Gasteiger partial charge in [-0.05, 0) is 47.6 Å². The number of hydrogen-bond acceptors (Lipinski definition) is 0. The van der Waals surface area contributed by atoms with Crippen LogP contribution in [0.3, 0.4) is 0 Å². The molecule has 1 radical (unpaired) electrons. The Kier molecular flexibility index (Phi) is 2.88. The van der Waals surface area contributed by atoms with Crippen LogP contribution >= 0.6 is 0 Å². The van der Waals surface area contributed by atoms with Crippen LogP contribution in [-0.2, 0) is 0 Å². The molecule has 1 saturated carbocycles. The van der Waals surface area contributed by atoms with Gasteiger partial charge in [-0.2, -0.15) is 0 Å². The molecule has 87 valence electrons. The second kappa shape index (κ2) is 4.52. The zero-order chi connectivity index (χ0) is 11.7. The van der Waals surface area contributed by atoms with Crippen molar-refractivity contribution in [2.75, 3.05) is 0 Å². The van der Waals surface area contributed by atoms with Crippen LogP contribution < -0.4 is 0 Å². The molecule has 2 aromatic rings. The first kappa shape index (κ1) is 10.8. The van der Waals surface area contributed by atoms with Gasteiger partial charge in [-0.25, -0.2) is 0 Å². The smallest absolute Gasteiger partial charge is 0.0152 e. The summed E-state index contributed by atoms with van der Waals surface area (Å²) in [5.41, 5.74) is 2.69. The Labute approximate surface area is 104 Å². The molecule has 1 fully saturated rings. The van der Waals surface area contributed by atoms with Gasteiger partial charge in [-0.3, -0.25) is 0 Å². The van der Waals surface area contributed by atoms with E-state index in [-0.39, 0.29) is 0 Å². The highest BCUT2D eigenvalue weighted by atomic mass is 14.2. The summed E-state index contributed by atoms with van der Waals surface area (Å²) >= 11 is 0. The lowest BCUT2D eigenvalue weighted by Crippen LogP contribution is -2.04. The van der Waals surface area contributed by atoms with Gasteiger partial charge in [0.15, 0.2) is 0 Å². The minimum atomic E-state index is 0.772. The average Bonchev–Trinajstić information content (AvgIpc) is 2.40. The van der Waals surface area contributed by atoms with Crippen LogP contribution in [0.1, 0.15) is 49.1 Å². The first-order valence-electron chi connectivity index (χ1n) is 6.69. The summed E-state index contributed by atoms with van der Waals surface area (Å²) in [5, 5.41) is 2.65. The molecule has 0 unspecified atom stereocenters. The van der Waals surface area contributed by atoms with E-state index in [1.807, 2.05) is 0 Å². The summed E-state index contributed by atoms with van der Waals surface area (Å²) in [6.07, 6.45) is 6.92. The third kappa shape index (κ3) is 2.09. The van der Waals surface area contributed by atoms with E-state index < -0.39 is 0 Å². The summed E-state index contributed by atoms with van der Waals surface area (Å²) in [6, 6.07) is 13.3. The maximum atomic E-state index is 4.20. The van der Waals surface area contributed by atoms with Crippen molar-refractivity contribution in [3.05, 3.63) is 54.4 Å². The molecule has 0 atom stereocenters. The lowest BCUT2D eigenvalue weighted by molar-refractivity contribution is 0.444. The van der Waals surface area contributed by atoms with E-state index in [0.717, 1.165) is 5.92 Å². The summed E-state index contributed by atoms with van der Waals surface area (Å²) in [6.45, 7) is 4.20. The van der Waals surface area contributed by atoms with Crippen molar-refractivity contribution in [1.29, 1.82) is 0 Å². The number of benzene rings is 2. The van der Waals surface area contributed by atoms with Crippen molar-refractivity contribution in [1.82, 2.24) is 0 Å². The van der Waals surface area contributed by atoms with Gasteiger partial charge < -0.3 is 0 Å². The highest BCUT2D eigenvalue weighted by Crippen LogP contribution is 2.34. The summed E-state index contributed by atoms with van der Waals surface area (Å²) in [4.78, 5) is 0. The normalized spacial score (nSPS) is 17.5. The van der Waals surface area contributed by atoms with Gasteiger partial charge in [0.05, 0.1) is 0 Å². The zero-order valence-corrected chi connectivity index (χ0v) is 10.3. The Morgan fingerprint density at radius 2 is 1.71 bits per heavy atom. The molecule has 1 aliphatic rings. The van der Waals surface area contributed by atoms with Crippen molar-refractivity contribution in [3.8, 4) is 0 Å². The predicted octanol–water partition coefficient (Wildman–Crippen LogP) is 5.07.